The predicted octanol–water partition coefficient (Wildman–Crippen LogP) is 4.31. The maximum absolute atomic E-state index is 13.2. The van der Waals surface area contributed by atoms with Crippen LogP contribution in [0.5, 0.6) is 0 Å². The first kappa shape index (κ1) is 16.4. The Morgan fingerprint density at radius 1 is 1.06 bits per heavy atom. The van der Waals surface area contributed by atoms with Crippen molar-refractivity contribution in [2.45, 2.75) is 45.6 Å². The highest BCUT2D eigenvalue weighted by atomic mass is 35.5. The molecule has 1 aromatic rings. The van der Waals surface area contributed by atoms with Crippen LogP contribution < -0.4 is 5.32 Å². The molecule has 1 rings (SSSR count). The van der Waals surface area contributed by atoms with Gasteiger partial charge in [-0.15, -0.1) is 12.4 Å². The Morgan fingerprint density at radius 3 is 2.47 bits per heavy atom. The van der Waals surface area contributed by atoms with Crippen molar-refractivity contribution in [1.82, 2.24) is 5.32 Å². The van der Waals surface area contributed by atoms with Gasteiger partial charge in [0.15, 0.2) is 0 Å². The first-order chi connectivity index (χ1) is 7.84. The summed E-state index contributed by atoms with van der Waals surface area (Å²) in [4.78, 5) is 0. The molecule has 0 saturated carbocycles. The van der Waals surface area contributed by atoms with Gasteiger partial charge < -0.3 is 5.32 Å². The van der Waals surface area contributed by atoms with Gasteiger partial charge in [-0.2, -0.15) is 0 Å². The zero-order valence-corrected chi connectivity index (χ0v) is 11.4. The van der Waals surface area contributed by atoms with E-state index in [1.807, 2.05) is 12.1 Å². The smallest absolute Gasteiger partial charge is 0.127 e. The van der Waals surface area contributed by atoms with Gasteiger partial charge in [0.2, 0.25) is 0 Å². The lowest BCUT2D eigenvalue weighted by molar-refractivity contribution is 0.561. The average Bonchev–Trinajstić information content (AvgIpc) is 2.30. The molecule has 0 heterocycles. The molecule has 0 aliphatic heterocycles. The predicted molar refractivity (Wildman–Crippen MR) is 74.1 cm³/mol. The van der Waals surface area contributed by atoms with Crippen molar-refractivity contribution in [3.63, 3.8) is 0 Å². The van der Waals surface area contributed by atoms with Crippen LogP contribution >= 0.6 is 12.4 Å². The SMILES string of the molecule is CCCCCCCNCc1ccccc1F.Cl. The van der Waals surface area contributed by atoms with Crippen molar-refractivity contribution in [2.24, 2.45) is 0 Å². The number of hydrogen-bond acceptors (Lipinski definition) is 1. The molecule has 1 aromatic carbocycles. The normalized spacial score (nSPS) is 10.0. The van der Waals surface area contributed by atoms with E-state index in [1.54, 1.807) is 6.07 Å². The summed E-state index contributed by atoms with van der Waals surface area (Å²) in [6, 6.07) is 6.95. The maximum Gasteiger partial charge on any atom is 0.127 e. The molecule has 0 atom stereocenters. The molecule has 0 fully saturated rings. The fourth-order valence-electron chi connectivity index (χ4n) is 1.72. The Morgan fingerprint density at radius 2 is 1.76 bits per heavy atom. The molecule has 1 N–H and O–H groups in total. The van der Waals surface area contributed by atoms with E-state index < -0.39 is 0 Å². The largest absolute Gasteiger partial charge is 0.313 e. The zero-order valence-electron chi connectivity index (χ0n) is 10.5. The molecule has 17 heavy (non-hydrogen) atoms. The quantitative estimate of drug-likeness (QED) is 0.686. The van der Waals surface area contributed by atoms with Crippen molar-refractivity contribution < 1.29 is 4.39 Å². The van der Waals surface area contributed by atoms with Crippen LogP contribution in [0.2, 0.25) is 0 Å². The molecule has 0 aliphatic rings. The number of halogens is 2. The van der Waals surface area contributed by atoms with Crippen LogP contribution in [0.4, 0.5) is 4.39 Å². The number of hydrogen-bond donors (Lipinski definition) is 1. The van der Waals surface area contributed by atoms with Crippen molar-refractivity contribution in [3.05, 3.63) is 35.6 Å². The van der Waals surface area contributed by atoms with E-state index in [2.05, 4.69) is 12.2 Å². The van der Waals surface area contributed by atoms with Gasteiger partial charge in [-0.3, -0.25) is 0 Å². The summed E-state index contributed by atoms with van der Waals surface area (Å²) in [6.45, 7) is 3.84. The summed E-state index contributed by atoms with van der Waals surface area (Å²) >= 11 is 0. The lowest BCUT2D eigenvalue weighted by Gasteiger charge is -2.05. The highest BCUT2D eigenvalue weighted by Crippen LogP contribution is 2.06. The first-order valence-corrected chi connectivity index (χ1v) is 6.28. The van der Waals surface area contributed by atoms with Gasteiger partial charge in [0.05, 0.1) is 0 Å². The maximum atomic E-state index is 13.2. The highest BCUT2D eigenvalue weighted by Gasteiger charge is 1.98. The minimum absolute atomic E-state index is 0. The molecule has 0 aromatic heterocycles. The van der Waals surface area contributed by atoms with Crippen LogP contribution in [0.25, 0.3) is 0 Å². The van der Waals surface area contributed by atoms with Crippen LogP contribution in [0.1, 0.15) is 44.6 Å². The van der Waals surface area contributed by atoms with Crippen molar-refractivity contribution in [3.8, 4) is 0 Å². The molecule has 0 aliphatic carbocycles. The number of benzene rings is 1. The van der Waals surface area contributed by atoms with E-state index in [0.717, 1.165) is 12.1 Å². The third-order valence-corrected chi connectivity index (χ3v) is 2.73. The highest BCUT2D eigenvalue weighted by molar-refractivity contribution is 5.85. The van der Waals surface area contributed by atoms with Gasteiger partial charge in [-0.25, -0.2) is 4.39 Å². The van der Waals surface area contributed by atoms with E-state index in [4.69, 9.17) is 0 Å². The molecule has 0 spiro atoms. The fraction of sp³-hybridized carbons (Fsp3) is 0.571. The van der Waals surface area contributed by atoms with Crippen LogP contribution in [0.3, 0.4) is 0 Å². The summed E-state index contributed by atoms with van der Waals surface area (Å²) in [7, 11) is 0. The van der Waals surface area contributed by atoms with Gasteiger partial charge in [0.25, 0.3) is 0 Å². The summed E-state index contributed by atoms with van der Waals surface area (Å²) < 4.78 is 13.2. The molecule has 0 radical (unpaired) electrons. The standard InChI is InChI=1S/C14H22FN.ClH/c1-2-3-4-5-8-11-16-12-13-9-6-7-10-14(13)15;/h6-7,9-10,16H,2-5,8,11-12H2,1H3;1H. The van der Waals surface area contributed by atoms with Crippen molar-refractivity contribution in [2.75, 3.05) is 6.54 Å². The van der Waals surface area contributed by atoms with Gasteiger partial charge in [-0.05, 0) is 19.0 Å². The van der Waals surface area contributed by atoms with E-state index >= 15 is 0 Å². The molecular formula is C14H23ClFN. The second-order valence-corrected chi connectivity index (χ2v) is 4.18. The van der Waals surface area contributed by atoms with E-state index in [-0.39, 0.29) is 18.2 Å². The average molecular weight is 260 g/mol. The van der Waals surface area contributed by atoms with Crippen LogP contribution in [0.15, 0.2) is 24.3 Å². The van der Waals surface area contributed by atoms with Crippen LogP contribution in [0, 0.1) is 5.82 Å². The van der Waals surface area contributed by atoms with Crippen molar-refractivity contribution in [1.29, 1.82) is 0 Å². The molecule has 98 valence electrons. The Bertz CT molecular complexity index is 291. The summed E-state index contributed by atoms with van der Waals surface area (Å²) in [5, 5.41) is 3.28. The molecule has 3 heteroatoms. The lowest BCUT2D eigenvalue weighted by Crippen LogP contribution is -2.15. The fourth-order valence-corrected chi connectivity index (χ4v) is 1.72. The summed E-state index contributed by atoms with van der Waals surface area (Å²) in [5.41, 5.74) is 0.760. The van der Waals surface area contributed by atoms with E-state index in [9.17, 15) is 4.39 Å². The first-order valence-electron chi connectivity index (χ1n) is 6.28. The molecular weight excluding hydrogens is 237 g/mol. The third kappa shape index (κ3) is 7.35. The third-order valence-electron chi connectivity index (χ3n) is 2.73. The Balaban J connectivity index is 0.00000256. The number of nitrogens with one attached hydrogen (secondary N) is 1. The van der Waals surface area contributed by atoms with E-state index in [0.29, 0.717) is 6.54 Å². The lowest BCUT2D eigenvalue weighted by atomic mass is 10.1. The van der Waals surface area contributed by atoms with Gasteiger partial charge >= 0.3 is 0 Å². The van der Waals surface area contributed by atoms with E-state index in [1.165, 1.54) is 38.2 Å². The van der Waals surface area contributed by atoms with Crippen LogP contribution in [-0.2, 0) is 6.54 Å². The molecule has 0 saturated heterocycles. The molecule has 0 bridgehead atoms. The molecule has 0 amide bonds. The monoisotopic (exact) mass is 259 g/mol. The molecule has 0 unspecified atom stereocenters. The van der Waals surface area contributed by atoms with Gasteiger partial charge in [0.1, 0.15) is 5.82 Å². The Hall–Kier alpha value is -0.600. The Labute approximate surface area is 110 Å². The topological polar surface area (TPSA) is 12.0 Å². The number of rotatable bonds is 8. The second kappa shape index (κ2) is 10.5. The second-order valence-electron chi connectivity index (χ2n) is 4.18. The summed E-state index contributed by atoms with van der Waals surface area (Å²) in [6.07, 6.45) is 6.39. The van der Waals surface area contributed by atoms with Crippen LogP contribution in [-0.4, -0.2) is 6.54 Å². The van der Waals surface area contributed by atoms with Gasteiger partial charge in [0, 0.05) is 12.1 Å². The molecule has 1 nitrogen and oxygen atoms in total. The Kier molecular flexibility index (Phi) is 10.2. The summed E-state index contributed by atoms with van der Waals surface area (Å²) in [5.74, 6) is -0.110. The number of unbranched alkanes of at least 4 members (excludes halogenated alkanes) is 4. The van der Waals surface area contributed by atoms with Gasteiger partial charge in [-0.1, -0.05) is 50.8 Å². The minimum atomic E-state index is -0.110. The zero-order chi connectivity index (χ0) is 11.6. The van der Waals surface area contributed by atoms with Crippen molar-refractivity contribution >= 4 is 12.4 Å². The minimum Gasteiger partial charge on any atom is -0.313 e.